The molecule has 3 aliphatic heterocycles. The maximum absolute atomic E-state index is 13.1. The highest BCUT2D eigenvalue weighted by Gasteiger charge is 2.32. The second-order valence-electron chi connectivity index (χ2n) is 8.62. The van der Waals surface area contributed by atoms with Gasteiger partial charge in [0, 0.05) is 37.5 Å². The van der Waals surface area contributed by atoms with Crippen LogP contribution in [0.3, 0.4) is 0 Å². The Morgan fingerprint density at radius 2 is 1.77 bits per heavy atom. The van der Waals surface area contributed by atoms with E-state index in [0.29, 0.717) is 48.7 Å². The number of hydrogen-bond donors (Lipinski definition) is 0. The van der Waals surface area contributed by atoms with Crippen molar-refractivity contribution in [2.24, 2.45) is 5.92 Å². The van der Waals surface area contributed by atoms with Crippen LogP contribution >= 0.6 is 0 Å². The number of nitrogens with zero attached hydrogens (tertiary/aromatic N) is 3. The van der Waals surface area contributed by atoms with Gasteiger partial charge in [-0.3, -0.25) is 14.2 Å². The van der Waals surface area contributed by atoms with Gasteiger partial charge in [-0.25, -0.2) is 4.98 Å². The minimum atomic E-state index is -0.112. The smallest absolute Gasteiger partial charge is 0.261 e. The van der Waals surface area contributed by atoms with E-state index in [1.807, 2.05) is 9.47 Å². The number of likely N-dealkylation sites (tertiary alicyclic amines) is 1. The summed E-state index contributed by atoms with van der Waals surface area (Å²) in [7, 11) is 0. The number of aromatic nitrogens is 2. The molecule has 1 aromatic carbocycles. The molecule has 1 aromatic heterocycles. The number of aryl methyl sites for hydroxylation is 1. The summed E-state index contributed by atoms with van der Waals surface area (Å²) in [6.07, 6.45) is 6.89. The van der Waals surface area contributed by atoms with Crippen LogP contribution in [0.1, 0.15) is 54.7 Å². The number of fused-ring (bicyclic) bond motifs is 2. The largest absolute Gasteiger partial charge is 0.350 e. The van der Waals surface area contributed by atoms with E-state index in [1.54, 1.807) is 18.2 Å². The first-order valence-corrected chi connectivity index (χ1v) is 11.3. The van der Waals surface area contributed by atoms with Gasteiger partial charge in [0.2, 0.25) is 0 Å². The highest BCUT2D eigenvalue weighted by molar-refractivity contribution is 5.97. The molecule has 0 N–H and O–H groups in total. The first-order chi connectivity index (χ1) is 14.7. The van der Waals surface area contributed by atoms with Crippen molar-refractivity contribution < 1.29 is 14.3 Å². The van der Waals surface area contributed by atoms with E-state index in [0.717, 1.165) is 50.9 Å². The topological polar surface area (TPSA) is 73.7 Å². The van der Waals surface area contributed by atoms with Gasteiger partial charge in [0.05, 0.1) is 24.1 Å². The van der Waals surface area contributed by atoms with E-state index in [4.69, 9.17) is 14.5 Å². The predicted octanol–water partition coefficient (Wildman–Crippen LogP) is 2.74. The third kappa shape index (κ3) is 3.76. The predicted molar refractivity (Wildman–Crippen MR) is 112 cm³/mol. The molecule has 4 heterocycles. The SMILES string of the molecule is O=C(c1ccc2c(=O)n3c(nc2c1)CCCCCC3)N1CCC(C2OCCO2)CC1. The van der Waals surface area contributed by atoms with Crippen LogP contribution in [0.5, 0.6) is 0 Å². The highest BCUT2D eigenvalue weighted by atomic mass is 16.7. The summed E-state index contributed by atoms with van der Waals surface area (Å²) < 4.78 is 13.1. The maximum Gasteiger partial charge on any atom is 0.261 e. The number of ether oxygens (including phenoxy) is 2. The van der Waals surface area contributed by atoms with E-state index in [1.165, 1.54) is 6.42 Å². The van der Waals surface area contributed by atoms with E-state index < -0.39 is 0 Å². The van der Waals surface area contributed by atoms with E-state index in [2.05, 4.69) is 0 Å². The van der Waals surface area contributed by atoms with E-state index >= 15 is 0 Å². The van der Waals surface area contributed by atoms with Crippen LogP contribution in [0, 0.1) is 5.92 Å². The number of carbonyl (C=O) groups is 1. The van der Waals surface area contributed by atoms with Crippen LogP contribution in [0.25, 0.3) is 10.9 Å². The number of rotatable bonds is 2. The molecule has 7 nitrogen and oxygen atoms in total. The number of hydrogen-bond acceptors (Lipinski definition) is 5. The lowest BCUT2D eigenvalue weighted by molar-refractivity contribution is -0.0956. The monoisotopic (exact) mass is 411 g/mol. The van der Waals surface area contributed by atoms with Crippen molar-refractivity contribution >= 4 is 16.8 Å². The molecular weight excluding hydrogens is 382 g/mol. The number of benzene rings is 1. The van der Waals surface area contributed by atoms with E-state index in [9.17, 15) is 9.59 Å². The van der Waals surface area contributed by atoms with Crippen LogP contribution in [-0.2, 0) is 22.4 Å². The third-order valence-electron chi connectivity index (χ3n) is 6.67. The van der Waals surface area contributed by atoms with Crippen molar-refractivity contribution in [2.75, 3.05) is 26.3 Å². The summed E-state index contributed by atoms with van der Waals surface area (Å²) in [5.41, 5.74) is 1.27. The molecule has 1 amide bonds. The Morgan fingerprint density at radius 1 is 1.00 bits per heavy atom. The Balaban J connectivity index is 1.36. The van der Waals surface area contributed by atoms with Gasteiger partial charge in [-0.2, -0.15) is 0 Å². The van der Waals surface area contributed by atoms with Crippen molar-refractivity contribution in [3.8, 4) is 0 Å². The molecule has 0 aliphatic carbocycles. The standard InChI is InChI=1S/C23H29N3O4/c27-21(25-11-8-16(9-12-25)23-29-13-14-30-23)17-6-7-18-19(15-17)24-20-5-3-1-2-4-10-26(20)22(18)28/h6-7,15-16,23H,1-5,8-14H2. The molecule has 2 aromatic rings. The molecule has 0 bridgehead atoms. The fourth-order valence-corrected chi connectivity index (χ4v) is 4.93. The fourth-order valence-electron chi connectivity index (χ4n) is 4.93. The lowest BCUT2D eigenvalue weighted by Crippen LogP contribution is -2.41. The molecule has 0 atom stereocenters. The molecule has 0 spiro atoms. The zero-order valence-electron chi connectivity index (χ0n) is 17.3. The Hall–Kier alpha value is -2.25. The average molecular weight is 412 g/mol. The van der Waals surface area contributed by atoms with Crippen LogP contribution in [0.4, 0.5) is 0 Å². The lowest BCUT2D eigenvalue weighted by Gasteiger charge is -2.33. The minimum Gasteiger partial charge on any atom is -0.350 e. The van der Waals surface area contributed by atoms with Gasteiger partial charge < -0.3 is 14.4 Å². The Morgan fingerprint density at radius 3 is 2.57 bits per heavy atom. The molecule has 7 heteroatoms. The quantitative estimate of drug-likeness (QED) is 0.760. The molecule has 0 saturated carbocycles. The fraction of sp³-hybridized carbons (Fsp3) is 0.609. The Labute approximate surface area is 176 Å². The third-order valence-corrected chi connectivity index (χ3v) is 6.67. The summed E-state index contributed by atoms with van der Waals surface area (Å²) in [4.78, 5) is 32.8. The summed E-state index contributed by atoms with van der Waals surface area (Å²) in [6.45, 7) is 3.46. The normalized spacial score (nSPS) is 21.4. The van der Waals surface area contributed by atoms with Crippen molar-refractivity contribution in [1.29, 1.82) is 0 Å². The number of amides is 1. The average Bonchev–Trinajstić information content (AvgIpc) is 3.29. The Bertz CT molecular complexity index is 988. The van der Waals surface area contributed by atoms with E-state index in [-0.39, 0.29) is 17.8 Å². The zero-order chi connectivity index (χ0) is 20.5. The van der Waals surface area contributed by atoms with Gasteiger partial charge in [0.15, 0.2) is 6.29 Å². The van der Waals surface area contributed by atoms with Gasteiger partial charge in [-0.1, -0.05) is 12.8 Å². The van der Waals surface area contributed by atoms with Crippen molar-refractivity contribution in [3.63, 3.8) is 0 Å². The first-order valence-electron chi connectivity index (χ1n) is 11.3. The van der Waals surface area contributed by atoms with Crippen LogP contribution < -0.4 is 5.56 Å². The van der Waals surface area contributed by atoms with Crippen molar-refractivity contribution in [1.82, 2.24) is 14.5 Å². The van der Waals surface area contributed by atoms with Crippen LogP contribution in [0.15, 0.2) is 23.0 Å². The summed E-state index contributed by atoms with van der Waals surface area (Å²) in [5.74, 6) is 1.22. The van der Waals surface area contributed by atoms with Crippen molar-refractivity contribution in [2.45, 2.75) is 57.8 Å². The first kappa shape index (κ1) is 19.7. The molecule has 2 saturated heterocycles. The van der Waals surface area contributed by atoms with Gasteiger partial charge in [0.25, 0.3) is 11.5 Å². The second kappa shape index (κ2) is 8.47. The lowest BCUT2D eigenvalue weighted by atomic mass is 9.95. The molecule has 5 rings (SSSR count). The summed E-state index contributed by atoms with van der Waals surface area (Å²) >= 11 is 0. The summed E-state index contributed by atoms with van der Waals surface area (Å²) in [5, 5.41) is 0.602. The van der Waals surface area contributed by atoms with Crippen LogP contribution in [-0.4, -0.2) is 53.0 Å². The minimum absolute atomic E-state index is 0.0113. The van der Waals surface area contributed by atoms with Gasteiger partial charge in [-0.15, -0.1) is 0 Å². The van der Waals surface area contributed by atoms with Gasteiger partial charge in [0.1, 0.15) is 5.82 Å². The molecule has 160 valence electrons. The number of carbonyl (C=O) groups excluding carboxylic acids is 1. The van der Waals surface area contributed by atoms with Crippen molar-refractivity contribution in [3.05, 3.63) is 39.9 Å². The molecule has 0 unspecified atom stereocenters. The molecule has 2 fully saturated rings. The second-order valence-corrected chi connectivity index (χ2v) is 8.62. The zero-order valence-corrected chi connectivity index (χ0v) is 17.3. The molecule has 0 radical (unpaired) electrons. The Kier molecular flexibility index (Phi) is 5.56. The van der Waals surface area contributed by atoms with Gasteiger partial charge in [-0.05, 0) is 43.9 Å². The summed E-state index contributed by atoms with van der Waals surface area (Å²) in [6, 6.07) is 5.35. The van der Waals surface area contributed by atoms with Crippen LogP contribution in [0.2, 0.25) is 0 Å². The van der Waals surface area contributed by atoms with Gasteiger partial charge >= 0.3 is 0 Å². The molecule has 3 aliphatic rings. The molecular formula is C23H29N3O4. The maximum atomic E-state index is 13.1. The highest BCUT2D eigenvalue weighted by Crippen LogP contribution is 2.27. The number of piperidine rings is 1. The molecule has 30 heavy (non-hydrogen) atoms.